The predicted octanol–water partition coefficient (Wildman–Crippen LogP) is 1.44. The molecule has 1 saturated heterocycles. The summed E-state index contributed by atoms with van der Waals surface area (Å²) >= 11 is 0. The van der Waals surface area contributed by atoms with Crippen LogP contribution in [0, 0.1) is 12.8 Å². The lowest BCUT2D eigenvalue weighted by Gasteiger charge is -2.27. The molecular formula is C13H19NO3S. The van der Waals surface area contributed by atoms with Crippen LogP contribution in [0.15, 0.2) is 18.2 Å². The summed E-state index contributed by atoms with van der Waals surface area (Å²) in [7, 11) is -2.89. The standard InChI is InChI=1S/C13H19NO3S/c1-9-2-3-11(12(14)8-9)13(15)10-4-6-18(16,17)7-5-10/h2-3,8,10,13,15H,4-7,14H2,1H3. The normalized spacial score (nSPS) is 21.7. The Kier molecular flexibility index (Phi) is 3.64. The molecule has 4 nitrogen and oxygen atoms in total. The first kappa shape index (κ1) is 13.4. The Bertz CT molecular complexity index is 525. The number of aliphatic hydroxyl groups is 1. The molecule has 1 atom stereocenters. The number of sulfone groups is 1. The molecule has 0 spiro atoms. The maximum Gasteiger partial charge on any atom is 0.150 e. The van der Waals surface area contributed by atoms with E-state index in [1.165, 1.54) is 0 Å². The molecule has 1 heterocycles. The molecule has 0 radical (unpaired) electrons. The number of aliphatic hydroxyl groups excluding tert-OH is 1. The molecule has 1 aliphatic heterocycles. The van der Waals surface area contributed by atoms with Crippen molar-refractivity contribution in [2.45, 2.75) is 25.9 Å². The predicted molar refractivity (Wildman–Crippen MR) is 71.9 cm³/mol. The third-order valence-corrected chi connectivity index (χ3v) is 5.32. The highest BCUT2D eigenvalue weighted by Gasteiger charge is 2.30. The van der Waals surface area contributed by atoms with Crippen molar-refractivity contribution >= 4 is 15.5 Å². The monoisotopic (exact) mass is 269 g/mol. The van der Waals surface area contributed by atoms with Crippen molar-refractivity contribution in [3.05, 3.63) is 29.3 Å². The van der Waals surface area contributed by atoms with Gasteiger partial charge >= 0.3 is 0 Å². The zero-order valence-electron chi connectivity index (χ0n) is 10.5. The van der Waals surface area contributed by atoms with Crippen LogP contribution in [0.25, 0.3) is 0 Å². The summed E-state index contributed by atoms with van der Waals surface area (Å²) in [5.74, 6) is 0.319. The molecule has 18 heavy (non-hydrogen) atoms. The van der Waals surface area contributed by atoms with E-state index in [4.69, 9.17) is 5.73 Å². The Balaban J connectivity index is 2.14. The molecule has 2 rings (SSSR count). The topological polar surface area (TPSA) is 80.4 Å². The van der Waals surface area contributed by atoms with E-state index in [9.17, 15) is 13.5 Å². The molecule has 0 aromatic heterocycles. The summed E-state index contributed by atoms with van der Waals surface area (Å²) < 4.78 is 22.7. The smallest absolute Gasteiger partial charge is 0.150 e. The van der Waals surface area contributed by atoms with Crippen LogP contribution in [-0.2, 0) is 9.84 Å². The first-order valence-electron chi connectivity index (χ1n) is 6.13. The summed E-state index contributed by atoms with van der Waals surface area (Å²) in [6.45, 7) is 1.94. The molecule has 0 bridgehead atoms. The highest BCUT2D eigenvalue weighted by atomic mass is 32.2. The summed E-state index contributed by atoms with van der Waals surface area (Å²) in [5, 5.41) is 10.3. The number of benzene rings is 1. The van der Waals surface area contributed by atoms with Gasteiger partial charge in [0.2, 0.25) is 0 Å². The van der Waals surface area contributed by atoms with Crippen molar-refractivity contribution < 1.29 is 13.5 Å². The molecule has 0 amide bonds. The number of nitrogen functional groups attached to an aromatic ring is 1. The summed E-state index contributed by atoms with van der Waals surface area (Å²) in [6, 6.07) is 5.57. The third kappa shape index (κ3) is 2.84. The van der Waals surface area contributed by atoms with E-state index in [1.54, 1.807) is 0 Å². The molecule has 5 heteroatoms. The van der Waals surface area contributed by atoms with Gasteiger partial charge in [-0.1, -0.05) is 12.1 Å². The Morgan fingerprint density at radius 3 is 2.50 bits per heavy atom. The zero-order chi connectivity index (χ0) is 13.3. The van der Waals surface area contributed by atoms with Gasteiger partial charge in [0.05, 0.1) is 17.6 Å². The van der Waals surface area contributed by atoms with E-state index in [0.29, 0.717) is 24.1 Å². The Labute approximate surface area is 108 Å². The molecule has 1 aromatic carbocycles. The molecule has 0 aliphatic carbocycles. The van der Waals surface area contributed by atoms with E-state index < -0.39 is 15.9 Å². The highest BCUT2D eigenvalue weighted by molar-refractivity contribution is 7.91. The molecule has 3 N–H and O–H groups in total. The Morgan fingerprint density at radius 1 is 1.33 bits per heavy atom. The lowest BCUT2D eigenvalue weighted by molar-refractivity contribution is 0.103. The molecule has 1 fully saturated rings. The van der Waals surface area contributed by atoms with Gasteiger partial charge in [-0.15, -0.1) is 0 Å². The number of aryl methyl sites for hydroxylation is 1. The van der Waals surface area contributed by atoms with E-state index in [-0.39, 0.29) is 17.4 Å². The number of rotatable bonds is 2. The van der Waals surface area contributed by atoms with Crippen LogP contribution in [0.5, 0.6) is 0 Å². The number of hydrogen-bond donors (Lipinski definition) is 2. The minimum atomic E-state index is -2.89. The van der Waals surface area contributed by atoms with Gasteiger partial charge < -0.3 is 10.8 Å². The number of anilines is 1. The van der Waals surface area contributed by atoms with Crippen molar-refractivity contribution in [3.8, 4) is 0 Å². The van der Waals surface area contributed by atoms with Gasteiger partial charge in [0.1, 0.15) is 9.84 Å². The SMILES string of the molecule is Cc1ccc(C(O)C2CCS(=O)(=O)CC2)c(N)c1. The molecular weight excluding hydrogens is 250 g/mol. The zero-order valence-corrected chi connectivity index (χ0v) is 11.3. The maximum absolute atomic E-state index is 11.4. The van der Waals surface area contributed by atoms with E-state index in [0.717, 1.165) is 5.56 Å². The van der Waals surface area contributed by atoms with Gasteiger partial charge in [-0.2, -0.15) is 0 Å². The fourth-order valence-corrected chi connectivity index (χ4v) is 3.97. The molecule has 100 valence electrons. The maximum atomic E-state index is 11.4. The van der Waals surface area contributed by atoms with Gasteiger partial charge in [0.15, 0.2) is 0 Å². The van der Waals surface area contributed by atoms with Gasteiger partial charge in [0.25, 0.3) is 0 Å². The van der Waals surface area contributed by atoms with Gasteiger partial charge in [0, 0.05) is 11.3 Å². The third-order valence-electron chi connectivity index (χ3n) is 3.61. The van der Waals surface area contributed by atoms with Gasteiger partial charge in [-0.3, -0.25) is 0 Å². The van der Waals surface area contributed by atoms with E-state index in [1.807, 2.05) is 25.1 Å². The van der Waals surface area contributed by atoms with Crippen molar-refractivity contribution in [2.75, 3.05) is 17.2 Å². The average molecular weight is 269 g/mol. The van der Waals surface area contributed by atoms with Crippen LogP contribution >= 0.6 is 0 Å². The molecule has 0 saturated carbocycles. The van der Waals surface area contributed by atoms with E-state index in [2.05, 4.69) is 0 Å². The van der Waals surface area contributed by atoms with Gasteiger partial charge in [-0.25, -0.2) is 8.42 Å². The van der Waals surface area contributed by atoms with E-state index >= 15 is 0 Å². The minimum Gasteiger partial charge on any atom is -0.398 e. The summed E-state index contributed by atoms with van der Waals surface area (Å²) in [4.78, 5) is 0. The van der Waals surface area contributed by atoms with Crippen LogP contribution in [-0.4, -0.2) is 25.0 Å². The molecule has 1 aliphatic rings. The van der Waals surface area contributed by atoms with Crippen LogP contribution in [0.2, 0.25) is 0 Å². The average Bonchev–Trinajstić information content (AvgIpc) is 2.28. The largest absolute Gasteiger partial charge is 0.398 e. The van der Waals surface area contributed by atoms with Crippen molar-refractivity contribution in [1.29, 1.82) is 0 Å². The Morgan fingerprint density at radius 2 is 1.94 bits per heavy atom. The van der Waals surface area contributed by atoms with Gasteiger partial charge in [-0.05, 0) is 37.3 Å². The van der Waals surface area contributed by atoms with Crippen LogP contribution < -0.4 is 5.73 Å². The Hall–Kier alpha value is -1.07. The lowest BCUT2D eigenvalue weighted by atomic mass is 9.90. The van der Waals surface area contributed by atoms with Crippen LogP contribution in [0.1, 0.15) is 30.1 Å². The van der Waals surface area contributed by atoms with Crippen molar-refractivity contribution in [1.82, 2.24) is 0 Å². The second-order valence-electron chi connectivity index (χ2n) is 5.07. The number of hydrogen-bond acceptors (Lipinski definition) is 4. The fourth-order valence-electron chi connectivity index (χ4n) is 2.44. The summed E-state index contributed by atoms with van der Waals surface area (Å²) in [5.41, 5.74) is 8.25. The second kappa shape index (κ2) is 4.90. The van der Waals surface area contributed by atoms with Crippen molar-refractivity contribution in [3.63, 3.8) is 0 Å². The molecule has 1 unspecified atom stereocenters. The van der Waals surface area contributed by atoms with Crippen LogP contribution in [0.3, 0.4) is 0 Å². The van der Waals surface area contributed by atoms with Crippen LogP contribution in [0.4, 0.5) is 5.69 Å². The second-order valence-corrected chi connectivity index (χ2v) is 7.37. The fraction of sp³-hybridized carbons (Fsp3) is 0.538. The lowest BCUT2D eigenvalue weighted by Crippen LogP contribution is -2.27. The summed E-state index contributed by atoms with van der Waals surface area (Å²) in [6.07, 6.45) is 0.356. The highest BCUT2D eigenvalue weighted by Crippen LogP contribution is 2.34. The number of nitrogens with two attached hydrogens (primary N) is 1. The van der Waals surface area contributed by atoms with Crippen molar-refractivity contribution in [2.24, 2.45) is 5.92 Å². The quantitative estimate of drug-likeness (QED) is 0.796. The molecule has 1 aromatic rings. The first-order chi connectivity index (χ1) is 8.39. The first-order valence-corrected chi connectivity index (χ1v) is 7.96. The minimum absolute atomic E-state index is 0.0152.